The fourth-order valence-corrected chi connectivity index (χ4v) is 3.95. The molecule has 1 N–H and O–H groups in total. The van der Waals surface area contributed by atoms with Crippen LogP contribution in [0.2, 0.25) is 0 Å². The van der Waals surface area contributed by atoms with E-state index in [4.69, 9.17) is 9.47 Å². The van der Waals surface area contributed by atoms with Crippen molar-refractivity contribution >= 4 is 32.6 Å². The number of rotatable bonds is 3. The van der Waals surface area contributed by atoms with E-state index in [0.717, 1.165) is 33.3 Å². The van der Waals surface area contributed by atoms with Crippen LogP contribution in [0.4, 0.5) is 0 Å². The Bertz CT molecular complexity index is 1290. The van der Waals surface area contributed by atoms with Gasteiger partial charge in [0.25, 0.3) is 0 Å². The van der Waals surface area contributed by atoms with Crippen molar-refractivity contribution in [3.8, 4) is 22.6 Å². The summed E-state index contributed by atoms with van der Waals surface area (Å²) in [5.74, 6) is 1.48. The highest BCUT2D eigenvalue weighted by molar-refractivity contribution is 6.23. The van der Waals surface area contributed by atoms with Crippen molar-refractivity contribution in [3.63, 3.8) is 0 Å². The van der Waals surface area contributed by atoms with Crippen molar-refractivity contribution in [1.82, 2.24) is 4.98 Å². The average molecular weight is 353 g/mol. The molecule has 27 heavy (non-hydrogen) atoms. The second-order valence-electron chi connectivity index (χ2n) is 6.64. The molecule has 4 aromatic carbocycles. The van der Waals surface area contributed by atoms with Gasteiger partial charge in [-0.2, -0.15) is 0 Å². The molecule has 0 fully saturated rings. The Hall–Kier alpha value is -3.46. The van der Waals surface area contributed by atoms with Crippen LogP contribution in [0, 0.1) is 0 Å². The summed E-state index contributed by atoms with van der Waals surface area (Å²) in [4.78, 5) is 3.57. The summed E-state index contributed by atoms with van der Waals surface area (Å²) in [6.45, 7) is 0. The number of hydrogen-bond donors (Lipinski definition) is 1. The highest BCUT2D eigenvalue weighted by Gasteiger charge is 2.16. The molecule has 3 nitrogen and oxygen atoms in total. The Balaban J connectivity index is 2.01. The number of para-hydroxylation sites is 1. The summed E-state index contributed by atoms with van der Waals surface area (Å²) in [5, 5.41) is 4.73. The van der Waals surface area contributed by atoms with E-state index in [2.05, 4.69) is 71.7 Å². The van der Waals surface area contributed by atoms with Gasteiger partial charge in [-0.25, -0.2) is 0 Å². The van der Waals surface area contributed by atoms with Gasteiger partial charge in [0.15, 0.2) is 11.5 Å². The highest BCUT2D eigenvalue weighted by Crippen LogP contribution is 2.42. The summed E-state index contributed by atoms with van der Waals surface area (Å²) >= 11 is 0. The monoisotopic (exact) mass is 353 g/mol. The maximum Gasteiger partial charge on any atom is 0.161 e. The van der Waals surface area contributed by atoms with Gasteiger partial charge in [-0.1, -0.05) is 48.5 Å². The third kappa shape index (κ3) is 2.36. The fraction of sp³-hybridized carbons (Fsp3) is 0.0833. The quantitative estimate of drug-likeness (QED) is 0.421. The molecule has 0 spiro atoms. The first kappa shape index (κ1) is 15.8. The molecule has 132 valence electrons. The second-order valence-corrected chi connectivity index (χ2v) is 6.64. The van der Waals surface area contributed by atoms with Gasteiger partial charge in [0.05, 0.1) is 14.2 Å². The average Bonchev–Trinajstić information content (AvgIpc) is 3.11. The number of H-pyrrole nitrogens is 1. The van der Waals surface area contributed by atoms with E-state index in [-0.39, 0.29) is 0 Å². The molecule has 5 aromatic rings. The van der Waals surface area contributed by atoms with E-state index in [9.17, 15) is 0 Å². The van der Waals surface area contributed by atoms with Crippen LogP contribution in [0.25, 0.3) is 43.7 Å². The predicted molar refractivity (Wildman–Crippen MR) is 112 cm³/mol. The number of nitrogens with one attached hydrogen (secondary N) is 1. The van der Waals surface area contributed by atoms with Crippen molar-refractivity contribution in [2.24, 2.45) is 0 Å². The molecule has 0 saturated heterocycles. The maximum absolute atomic E-state index is 5.59. The van der Waals surface area contributed by atoms with Gasteiger partial charge in [0.2, 0.25) is 0 Å². The minimum absolute atomic E-state index is 0.737. The SMILES string of the molecule is COc1cc2c(-c3ccccc3)cc3[nH]c4ccccc4c3c2cc1OC. The topological polar surface area (TPSA) is 34.2 Å². The molecule has 0 bridgehead atoms. The Labute approximate surface area is 157 Å². The first-order chi connectivity index (χ1) is 13.3. The van der Waals surface area contributed by atoms with Crippen LogP contribution < -0.4 is 9.47 Å². The van der Waals surface area contributed by atoms with Crippen LogP contribution in [0.1, 0.15) is 0 Å². The number of aromatic amines is 1. The summed E-state index contributed by atoms with van der Waals surface area (Å²) in [6, 6.07) is 25.3. The van der Waals surface area contributed by atoms with E-state index >= 15 is 0 Å². The number of fused-ring (bicyclic) bond motifs is 5. The molecule has 0 aliphatic rings. The van der Waals surface area contributed by atoms with Crippen LogP contribution in [0.3, 0.4) is 0 Å². The third-order valence-electron chi connectivity index (χ3n) is 5.19. The smallest absolute Gasteiger partial charge is 0.161 e. The van der Waals surface area contributed by atoms with Gasteiger partial charge in [0, 0.05) is 21.8 Å². The minimum Gasteiger partial charge on any atom is -0.493 e. The van der Waals surface area contributed by atoms with Gasteiger partial charge >= 0.3 is 0 Å². The van der Waals surface area contributed by atoms with Gasteiger partial charge in [-0.05, 0) is 46.2 Å². The molecule has 0 atom stereocenters. The maximum atomic E-state index is 5.59. The van der Waals surface area contributed by atoms with E-state index in [0.29, 0.717) is 0 Å². The van der Waals surface area contributed by atoms with Crippen molar-refractivity contribution in [1.29, 1.82) is 0 Å². The fourth-order valence-electron chi connectivity index (χ4n) is 3.95. The van der Waals surface area contributed by atoms with Crippen LogP contribution in [-0.2, 0) is 0 Å². The minimum atomic E-state index is 0.737. The van der Waals surface area contributed by atoms with Gasteiger partial charge in [-0.3, -0.25) is 0 Å². The zero-order chi connectivity index (χ0) is 18.4. The molecule has 5 rings (SSSR count). The van der Waals surface area contributed by atoms with Crippen LogP contribution in [-0.4, -0.2) is 19.2 Å². The third-order valence-corrected chi connectivity index (χ3v) is 5.19. The normalized spacial score (nSPS) is 11.3. The molecule has 0 aliphatic carbocycles. The zero-order valence-corrected chi connectivity index (χ0v) is 15.2. The molecule has 0 radical (unpaired) electrons. The van der Waals surface area contributed by atoms with E-state index < -0.39 is 0 Å². The lowest BCUT2D eigenvalue weighted by atomic mass is 9.94. The number of aromatic nitrogens is 1. The lowest BCUT2D eigenvalue weighted by Crippen LogP contribution is -1.92. The number of benzene rings is 4. The molecule has 0 unspecified atom stereocenters. The summed E-state index contributed by atoms with van der Waals surface area (Å²) in [7, 11) is 3.35. The Kier molecular flexibility index (Phi) is 3.54. The molecule has 0 aliphatic heterocycles. The molecule has 1 aromatic heterocycles. The summed E-state index contributed by atoms with van der Waals surface area (Å²) < 4.78 is 11.2. The van der Waals surface area contributed by atoms with Crippen molar-refractivity contribution in [2.75, 3.05) is 14.2 Å². The van der Waals surface area contributed by atoms with Crippen molar-refractivity contribution in [3.05, 3.63) is 72.8 Å². The van der Waals surface area contributed by atoms with Crippen molar-refractivity contribution in [2.45, 2.75) is 0 Å². The van der Waals surface area contributed by atoms with E-state index in [1.165, 1.54) is 21.9 Å². The van der Waals surface area contributed by atoms with Crippen LogP contribution >= 0.6 is 0 Å². The number of ether oxygens (including phenoxy) is 2. The summed E-state index contributed by atoms with van der Waals surface area (Å²) in [5.41, 5.74) is 4.60. The van der Waals surface area contributed by atoms with Gasteiger partial charge in [0.1, 0.15) is 0 Å². The Morgan fingerprint density at radius 1 is 0.630 bits per heavy atom. The molecule has 0 saturated carbocycles. The van der Waals surface area contributed by atoms with Crippen LogP contribution in [0.5, 0.6) is 11.5 Å². The lowest BCUT2D eigenvalue weighted by molar-refractivity contribution is 0.356. The number of hydrogen-bond acceptors (Lipinski definition) is 2. The molecule has 1 heterocycles. The van der Waals surface area contributed by atoms with Crippen molar-refractivity contribution < 1.29 is 9.47 Å². The van der Waals surface area contributed by atoms with Gasteiger partial charge in [-0.15, -0.1) is 0 Å². The van der Waals surface area contributed by atoms with E-state index in [1.807, 2.05) is 6.07 Å². The molecule has 3 heteroatoms. The first-order valence-corrected chi connectivity index (χ1v) is 8.94. The lowest BCUT2D eigenvalue weighted by Gasteiger charge is -2.14. The summed E-state index contributed by atoms with van der Waals surface area (Å²) in [6.07, 6.45) is 0. The molecular formula is C24H19NO2. The predicted octanol–water partition coefficient (Wildman–Crippen LogP) is 6.16. The molecular weight excluding hydrogens is 334 g/mol. The van der Waals surface area contributed by atoms with Crippen LogP contribution in [0.15, 0.2) is 72.8 Å². The second kappa shape index (κ2) is 6.06. The molecule has 0 amide bonds. The zero-order valence-electron chi connectivity index (χ0n) is 15.2. The first-order valence-electron chi connectivity index (χ1n) is 8.94. The number of methoxy groups -OCH3 is 2. The standard InChI is InChI=1S/C24H19NO2/c1-26-22-13-18-17(15-8-4-3-5-9-15)12-21-24(19(18)14-23(22)27-2)16-10-6-7-11-20(16)25-21/h3-14,25H,1-2H3. The highest BCUT2D eigenvalue weighted by atomic mass is 16.5. The van der Waals surface area contributed by atoms with Gasteiger partial charge < -0.3 is 14.5 Å². The largest absolute Gasteiger partial charge is 0.493 e. The van der Waals surface area contributed by atoms with E-state index in [1.54, 1.807) is 14.2 Å². The Morgan fingerprint density at radius 2 is 1.30 bits per heavy atom. The Morgan fingerprint density at radius 3 is 2.04 bits per heavy atom.